The van der Waals surface area contributed by atoms with Crippen LogP contribution in [-0.2, 0) is 0 Å². The van der Waals surface area contributed by atoms with E-state index < -0.39 is 0 Å². The average molecular weight is 272 g/mol. The Morgan fingerprint density at radius 1 is 1.18 bits per heavy atom. The highest BCUT2D eigenvalue weighted by molar-refractivity contribution is 6.34. The minimum atomic E-state index is 0.194. The number of rotatable bonds is 3. The molecule has 0 saturated heterocycles. The van der Waals surface area contributed by atoms with Crippen LogP contribution in [0.15, 0.2) is 18.2 Å². The number of hydrogen-bond acceptors (Lipinski definition) is 1. The van der Waals surface area contributed by atoms with E-state index in [0.717, 1.165) is 22.5 Å². The predicted molar refractivity (Wildman–Crippen MR) is 75.1 cm³/mol. The quantitative estimate of drug-likeness (QED) is 0.855. The molecule has 0 aliphatic heterocycles. The maximum Gasteiger partial charge on any atom is 0.0423 e. The van der Waals surface area contributed by atoms with Gasteiger partial charge < -0.3 is 5.32 Å². The summed E-state index contributed by atoms with van der Waals surface area (Å²) in [5.41, 5.74) is 1.47. The molecule has 94 valence electrons. The first kappa shape index (κ1) is 13.2. The zero-order valence-corrected chi connectivity index (χ0v) is 12.1. The van der Waals surface area contributed by atoms with E-state index in [0.29, 0.717) is 5.92 Å². The molecule has 0 radical (unpaired) electrons. The molecule has 1 nitrogen and oxygen atoms in total. The normalized spacial score (nSPS) is 23.8. The Bertz CT molecular complexity index is 389. The highest BCUT2D eigenvalue weighted by Crippen LogP contribution is 2.48. The van der Waals surface area contributed by atoms with Gasteiger partial charge in [-0.2, -0.15) is 0 Å². The highest BCUT2D eigenvalue weighted by atomic mass is 35.5. The maximum absolute atomic E-state index is 6.02. The van der Waals surface area contributed by atoms with Crippen LogP contribution >= 0.6 is 23.2 Å². The van der Waals surface area contributed by atoms with Crippen molar-refractivity contribution in [3.8, 4) is 0 Å². The standard InChI is InChI=1S/C14H19Cl2N/c1-14(2,3)17-8-10-6-13(10)9-4-11(15)7-12(16)5-9/h4-5,7,10,13,17H,6,8H2,1-3H3. The van der Waals surface area contributed by atoms with Crippen molar-refractivity contribution >= 4 is 23.2 Å². The summed E-state index contributed by atoms with van der Waals surface area (Å²) in [5.74, 6) is 1.35. The van der Waals surface area contributed by atoms with Gasteiger partial charge in [-0.05, 0) is 69.3 Å². The summed E-state index contributed by atoms with van der Waals surface area (Å²) in [6.45, 7) is 7.65. The van der Waals surface area contributed by atoms with Gasteiger partial charge in [0.05, 0.1) is 0 Å². The lowest BCUT2D eigenvalue weighted by Gasteiger charge is -2.20. The average Bonchev–Trinajstić information content (AvgIpc) is 2.91. The van der Waals surface area contributed by atoms with E-state index >= 15 is 0 Å². The van der Waals surface area contributed by atoms with Gasteiger partial charge >= 0.3 is 0 Å². The second kappa shape index (κ2) is 4.79. The van der Waals surface area contributed by atoms with E-state index in [2.05, 4.69) is 26.1 Å². The Balaban J connectivity index is 1.94. The van der Waals surface area contributed by atoms with Crippen LogP contribution in [-0.4, -0.2) is 12.1 Å². The molecular formula is C14H19Cl2N. The Kier molecular flexibility index (Phi) is 3.72. The minimum Gasteiger partial charge on any atom is -0.312 e. The second-order valence-corrected chi connectivity index (χ2v) is 6.81. The van der Waals surface area contributed by atoms with Gasteiger partial charge in [0.15, 0.2) is 0 Å². The lowest BCUT2D eigenvalue weighted by molar-refractivity contribution is 0.414. The van der Waals surface area contributed by atoms with Crippen LogP contribution < -0.4 is 5.32 Å². The number of halogens is 2. The largest absolute Gasteiger partial charge is 0.312 e. The minimum absolute atomic E-state index is 0.194. The van der Waals surface area contributed by atoms with Crippen molar-refractivity contribution in [1.29, 1.82) is 0 Å². The summed E-state index contributed by atoms with van der Waals surface area (Å²) >= 11 is 12.0. The van der Waals surface area contributed by atoms with Gasteiger partial charge in [0.25, 0.3) is 0 Å². The fourth-order valence-electron chi connectivity index (χ4n) is 2.11. The van der Waals surface area contributed by atoms with Crippen molar-refractivity contribution in [3.05, 3.63) is 33.8 Å². The van der Waals surface area contributed by atoms with Crippen molar-refractivity contribution in [2.24, 2.45) is 5.92 Å². The Hall–Kier alpha value is -0.240. The third-order valence-corrected chi connectivity index (χ3v) is 3.57. The van der Waals surface area contributed by atoms with Crippen molar-refractivity contribution in [2.45, 2.75) is 38.6 Å². The molecule has 0 spiro atoms. The predicted octanol–water partition coefficient (Wildman–Crippen LogP) is 4.49. The first-order valence-corrected chi connectivity index (χ1v) is 6.82. The third-order valence-electron chi connectivity index (χ3n) is 3.13. The van der Waals surface area contributed by atoms with Crippen molar-refractivity contribution in [1.82, 2.24) is 5.32 Å². The van der Waals surface area contributed by atoms with Crippen molar-refractivity contribution in [3.63, 3.8) is 0 Å². The van der Waals surface area contributed by atoms with E-state index in [9.17, 15) is 0 Å². The van der Waals surface area contributed by atoms with Gasteiger partial charge in [0.1, 0.15) is 0 Å². The topological polar surface area (TPSA) is 12.0 Å². The van der Waals surface area contributed by atoms with Crippen LogP contribution in [0.25, 0.3) is 0 Å². The molecule has 2 unspecified atom stereocenters. The smallest absolute Gasteiger partial charge is 0.0423 e. The van der Waals surface area contributed by atoms with Crippen LogP contribution in [0.3, 0.4) is 0 Å². The summed E-state index contributed by atoms with van der Waals surface area (Å²) < 4.78 is 0. The molecular weight excluding hydrogens is 253 g/mol. The molecule has 1 aliphatic rings. The molecule has 2 rings (SSSR count). The van der Waals surface area contributed by atoms with Crippen molar-refractivity contribution in [2.75, 3.05) is 6.54 Å². The molecule has 0 amide bonds. The lowest BCUT2D eigenvalue weighted by atomic mass is 10.1. The zero-order valence-electron chi connectivity index (χ0n) is 10.6. The van der Waals surface area contributed by atoms with Gasteiger partial charge in [0.2, 0.25) is 0 Å². The molecule has 0 aromatic heterocycles. The SMILES string of the molecule is CC(C)(C)NCC1CC1c1cc(Cl)cc(Cl)c1. The number of nitrogens with one attached hydrogen (secondary N) is 1. The summed E-state index contributed by atoms with van der Waals surface area (Å²) in [6.07, 6.45) is 1.24. The Morgan fingerprint density at radius 3 is 2.29 bits per heavy atom. The molecule has 0 heterocycles. The van der Waals surface area contributed by atoms with E-state index in [1.54, 1.807) is 6.07 Å². The summed E-state index contributed by atoms with van der Waals surface area (Å²) in [5, 5.41) is 5.02. The van der Waals surface area contributed by atoms with E-state index in [4.69, 9.17) is 23.2 Å². The molecule has 1 fully saturated rings. The van der Waals surface area contributed by atoms with Crippen LogP contribution in [0.2, 0.25) is 10.0 Å². The van der Waals surface area contributed by atoms with Crippen LogP contribution in [0.5, 0.6) is 0 Å². The second-order valence-electron chi connectivity index (χ2n) is 5.94. The Morgan fingerprint density at radius 2 is 1.76 bits per heavy atom. The molecule has 1 N–H and O–H groups in total. The third kappa shape index (κ3) is 3.87. The monoisotopic (exact) mass is 271 g/mol. The number of benzene rings is 1. The fourth-order valence-corrected chi connectivity index (χ4v) is 2.65. The lowest BCUT2D eigenvalue weighted by Crippen LogP contribution is -2.37. The van der Waals surface area contributed by atoms with Gasteiger partial charge in [-0.15, -0.1) is 0 Å². The molecule has 17 heavy (non-hydrogen) atoms. The molecule has 1 saturated carbocycles. The summed E-state index contributed by atoms with van der Waals surface area (Å²) in [4.78, 5) is 0. The maximum atomic E-state index is 6.02. The fraction of sp³-hybridized carbons (Fsp3) is 0.571. The van der Waals surface area contributed by atoms with Gasteiger partial charge in [-0.3, -0.25) is 0 Å². The summed E-state index contributed by atoms with van der Waals surface area (Å²) in [6, 6.07) is 5.86. The molecule has 1 aromatic rings. The molecule has 1 aromatic carbocycles. The molecule has 2 atom stereocenters. The zero-order chi connectivity index (χ0) is 12.6. The van der Waals surface area contributed by atoms with Crippen LogP contribution in [0.4, 0.5) is 0 Å². The Labute approximate surface area is 114 Å². The molecule has 0 bridgehead atoms. The first-order chi connectivity index (χ1) is 7.85. The van der Waals surface area contributed by atoms with Gasteiger partial charge in [-0.25, -0.2) is 0 Å². The highest BCUT2D eigenvalue weighted by Gasteiger charge is 2.38. The van der Waals surface area contributed by atoms with Gasteiger partial charge in [-0.1, -0.05) is 23.2 Å². The molecule has 1 aliphatic carbocycles. The molecule has 3 heteroatoms. The van der Waals surface area contributed by atoms with E-state index in [-0.39, 0.29) is 5.54 Å². The van der Waals surface area contributed by atoms with E-state index in [1.165, 1.54) is 12.0 Å². The van der Waals surface area contributed by atoms with Gasteiger partial charge in [0, 0.05) is 15.6 Å². The van der Waals surface area contributed by atoms with E-state index in [1.807, 2.05) is 12.1 Å². The summed E-state index contributed by atoms with van der Waals surface area (Å²) in [7, 11) is 0. The number of hydrogen-bond donors (Lipinski definition) is 1. The van der Waals surface area contributed by atoms with Crippen molar-refractivity contribution < 1.29 is 0 Å². The van der Waals surface area contributed by atoms with Crippen LogP contribution in [0, 0.1) is 5.92 Å². The first-order valence-electron chi connectivity index (χ1n) is 6.06. The van der Waals surface area contributed by atoms with Crippen LogP contribution in [0.1, 0.15) is 38.7 Å².